The minimum atomic E-state index is -3.00. The quantitative estimate of drug-likeness (QED) is 0.433. The fraction of sp³-hybridized carbons (Fsp3) is 0.556. The highest BCUT2D eigenvalue weighted by molar-refractivity contribution is 7.91. The second-order valence-corrected chi connectivity index (χ2v) is 8.96. The van der Waals surface area contributed by atoms with Crippen molar-refractivity contribution in [2.75, 3.05) is 31.4 Å². The Kier molecular flexibility index (Phi) is 6.61. The van der Waals surface area contributed by atoms with Crippen molar-refractivity contribution in [3.05, 3.63) is 23.8 Å². The number of carbonyl (C=O) groups excluding carboxylic acids is 1. The number of rotatable bonds is 7. The van der Waals surface area contributed by atoms with Gasteiger partial charge in [-0.05, 0) is 31.0 Å². The van der Waals surface area contributed by atoms with Gasteiger partial charge in [0.25, 0.3) is 0 Å². The second kappa shape index (κ2) is 9.13. The number of guanidine groups is 1. The molecule has 1 fully saturated rings. The van der Waals surface area contributed by atoms with Gasteiger partial charge in [-0.3, -0.25) is 4.79 Å². The van der Waals surface area contributed by atoms with Crippen molar-refractivity contribution in [3.63, 3.8) is 0 Å². The summed E-state index contributed by atoms with van der Waals surface area (Å²) < 4.78 is 33.6. The first-order valence-corrected chi connectivity index (χ1v) is 11.2. The molecule has 0 saturated carbocycles. The molecule has 0 aliphatic carbocycles. The van der Waals surface area contributed by atoms with Crippen LogP contribution in [0.4, 0.5) is 0 Å². The Labute approximate surface area is 164 Å². The predicted octanol–water partition coefficient (Wildman–Crippen LogP) is 0.164. The van der Waals surface area contributed by atoms with Crippen molar-refractivity contribution in [1.82, 2.24) is 16.0 Å². The van der Waals surface area contributed by atoms with E-state index in [2.05, 4.69) is 20.9 Å². The smallest absolute Gasteiger partial charge is 0.231 e. The zero-order valence-corrected chi connectivity index (χ0v) is 16.7. The zero-order valence-electron chi connectivity index (χ0n) is 15.9. The van der Waals surface area contributed by atoms with Gasteiger partial charge in [-0.2, -0.15) is 0 Å². The lowest BCUT2D eigenvalue weighted by Gasteiger charge is -2.13. The number of carbonyl (C=O) groups is 1. The van der Waals surface area contributed by atoms with Crippen LogP contribution in [0.15, 0.2) is 23.2 Å². The number of nitrogens with one attached hydrogen (secondary N) is 3. The molecular weight excluding hydrogens is 384 g/mol. The number of benzene rings is 1. The Hall–Kier alpha value is -2.49. The van der Waals surface area contributed by atoms with Gasteiger partial charge in [0, 0.05) is 25.6 Å². The first kappa shape index (κ1) is 20.2. The molecular formula is C18H26N4O5S. The molecule has 2 aliphatic rings. The lowest BCUT2D eigenvalue weighted by atomic mass is 10.2. The van der Waals surface area contributed by atoms with Crippen LogP contribution in [0.1, 0.15) is 25.3 Å². The molecule has 10 heteroatoms. The normalized spacial score (nSPS) is 20.0. The first-order chi connectivity index (χ1) is 13.4. The van der Waals surface area contributed by atoms with Gasteiger partial charge in [0.2, 0.25) is 12.7 Å². The fourth-order valence-electron chi connectivity index (χ4n) is 3.05. The third-order valence-electron chi connectivity index (χ3n) is 4.44. The number of ether oxygens (including phenoxy) is 2. The van der Waals surface area contributed by atoms with Gasteiger partial charge in [-0.25, -0.2) is 13.4 Å². The van der Waals surface area contributed by atoms with Crippen molar-refractivity contribution in [1.29, 1.82) is 0 Å². The molecule has 1 atom stereocenters. The average molecular weight is 410 g/mol. The Balaban J connectivity index is 1.45. The first-order valence-electron chi connectivity index (χ1n) is 9.35. The number of hydrogen-bond donors (Lipinski definition) is 3. The number of aliphatic imine (C=N–C) groups is 1. The molecule has 154 valence electrons. The molecule has 0 bridgehead atoms. The van der Waals surface area contributed by atoms with E-state index in [1.807, 2.05) is 25.1 Å². The number of amides is 1. The highest BCUT2D eigenvalue weighted by Crippen LogP contribution is 2.32. The highest BCUT2D eigenvalue weighted by atomic mass is 32.2. The monoisotopic (exact) mass is 410 g/mol. The van der Waals surface area contributed by atoms with Crippen LogP contribution in [-0.2, 0) is 21.2 Å². The Morgan fingerprint density at radius 3 is 2.82 bits per heavy atom. The van der Waals surface area contributed by atoms with E-state index in [1.54, 1.807) is 0 Å². The lowest BCUT2D eigenvalue weighted by molar-refractivity contribution is -0.121. The summed E-state index contributed by atoms with van der Waals surface area (Å²) in [5.41, 5.74) is 0.988. The van der Waals surface area contributed by atoms with Crippen LogP contribution < -0.4 is 25.4 Å². The topological polar surface area (TPSA) is 118 Å². The maximum absolute atomic E-state index is 12.0. The van der Waals surface area contributed by atoms with Gasteiger partial charge in [0.1, 0.15) is 0 Å². The van der Waals surface area contributed by atoms with Gasteiger partial charge >= 0.3 is 0 Å². The summed E-state index contributed by atoms with van der Waals surface area (Å²) in [6.45, 7) is 3.75. The second-order valence-electron chi connectivity index (χ2n) is 6.73. The minimum Gasteiger partial charge on any atom is -0.454 e. The largest absolute Gasteiger partial charge is 0.454 e. The molecule has 0 spiro atoms. The van der Waals surface area contributed by atoms with E-state index in [0.717, 1.165) is 17.1 Å². The van der Waals surface area contributed by atoms with Gasteiger partial charge in [-0.15, -0.1) is 0 Å². The SMILES string of the molecule is CCNC(=NCc1ccc2c(c1)OCO2)NCCC(=O)NC1CCS(=O)(=O)C1. The molecule has 3 rings (SSSR count). The summed E-state index contributed by atoms with van der Waals surface area (Å²) in [4.78, 5) is 16.5. The number of nitrogens with zero attached hydrogens (tertiary/aromatic N) is 1. The van der Waals surface area contributed by atoms with E-state index < -0.39 is 9.84 Å². The third kappa shape index (κ3) is 5.75. The lowest BCUT2D eigenvalue weighted by Crippen LogP contribution is -2.41. The van der Waals surface area contributed by atoms with Crippen LogP contribution in [0.25, 0.3) is 0 Å². The molecule has 0 aromatic heterocycles. The molecule has 2 heterocycles. The number of fused-ring (bicyclic) bond motifs is 1. The standard InChI is InChI=1S/C18H26N4O5S/c1-2-19-18(21-10-13-3-4-15-16(9-13)27-12-26-15)20-7-5-17(23)22-14-6-8-28(24,25)11-14/h3-4,9,14H,2,5-8,10-12H2,1H3,(H,22,23)(H2,19,20,21). The highest BCUT2D eigenvalue weighted by Gasteiger charge is 2.28. The fourth-order valence-corrected chi connectivity index (χ4v) is 4.73. The molecule has 1 aromatic rings. The molecule has 1 aromatic carbocycles. The van der Waals surface area contributed by atoms with E-state index in [0.29, 0.717) is 32.0 Å². The van der Waals surface area contributed by atoms with E-state index >= 15 is 0 Å². The molecule has 1 unspecified atom stereocenters. The van der Waals surface area contributed by atoms with Gasteiger partial charge in [0.15, 0.2) is 27.3 Å². The van der Waals surface area contributed by atoms with E-state index in [4.69, 9.17) is 9.47 Å². The van der Waals surface area contributed by atoms with Crippen LogP contribution in [0, 0.1) is 0 Å². The summed E-state index contributed by atoms with van der Waals surface area (Å²) in [7, 11) is -3.00. The number of hydrogen-bond acceptors (Lipinski definition) is 6. The average Bonchev–Trinajstić information content (AvgIpc) is 3.24. The van der Waals surface area contributed by atoms with Gasteiger partial charge in [0.05, 0.1) is 18.1 Å². The van der Waals surface area contributed by atoms with Crippen LogP contribution in [-0.4, -0.2) is 57.7 Å². The van der Waals surface area contributed by atoms with Crippen molar-refractivity contribution in [2.45, 2.75) is 32.4 Å². The van der Waals surface area contributed by atoms with Crippen LogP contribution in [0.3, 0.4) is 0 Å². The summed E-state index contributed by atoms with van der Waals surface area (Å²) in [5.74, 6) is 2.08. The molecule has 1 saturated heterocycles. The predicted molar refractivity (Wildman–Crippen MR) is 105 cm³/mol. The molecule has 0 radical (unpaired) electrons. The Bertz CT molecular complexity index is 840. The molecule has 3 N–H and O–H groups in total. The molecule has 1 amide bonds. The van der Waals surface area contributed by atoms with Crippen molar-refractivity contribution in [3.8, 4) is 11.5 Å². The van der Waals surface area contributed by atoms with Gasteiger partial charge < -0.3 is 25.4 Å². The van der Waals surface area contributed by atoms with E-state index in [1.165, 1.54) is 0 Å². The van der Waals surface area contributed by atoms with Crippen molar-refractivity contribution in [2.24, 2.45) is 4.99 Å². The van der Waals surface area contributed by atoms with Crippen molar-refractivity contribution < 1.29 is 22.7 Å². The summed E-state index contributed by atoms with van der Waals surface area (Å²) in [5, 5.41) is 9.03. The maximum atomic E-state index is 12.0. The molecule has 28 heavy (non-hydrogen) atoms. The van der Waals surface area contributed by atoms with Crippen LogP contribution in [0.5, 0.6) is 11.5 Å². The summed E-state index contributed by atoms with van der Waals surface area (Å²) in [6.07, 6.45) is 0.728. The third-order valence-corrected chi connectivity index (χ3v) is 6.21. The summed E-state index contributed by atoms with van der Waals surface area (Å²) >= 11 is 0. The minimum absolute atomic E-state index is 0.0335. The van der Waals surface area contributed by atoms with Crippen LogP contribution >= 0.6 is 0 Å². The Morgan fingerprint density at radius 2 is 2.07 bits per heavy atom. The molecule has 9 nitrogen and oxygen atoms in total. The van der Waals surface area contributed by atoms with Crippen LogP contribution in [0.2, 0.25) is 0 Å². The van der Waals surface area contributed by atoms with E-state index in [9.17, 15) is 13.2 Å². The molecule has 2 aliphatic heterocycles. The summed E-state index contributed by atoms with van der Waals surface area (Å²) in [6, 6.07) is 5.42. The Morgan fingerprint density at radius 1 is 1.25 bits per heavy atom. The zero-order chi connectivity index (χ0) is 20.0. The van der Waals surface area contributed by atoms with E-state index in [-0.39, 0.29) is 36.7 Å². The van der Waals surface area contributed by atoms with Crippen molar-refractivity contribution >= 4 is 21.7 Å². The van der Waals surface area contributed by atoms with Gasteiger partial charge in [-0.1, -0.05) is 6.07 Å². The maximum Gasteiger partial charge on any atom is 0.231 e. The number of sulfone groups is 1.